The van der Waals surface area contributed by atoms with Crippen LogP contribution in [0.1, 0.15) is 45.0 Å². The van der Waals surface area contributed by atoms with Gasteiger partial charge in [-0.1, -0.05) is 12.1 Å². The van der Waals surface area contributed by atoms with Gasteiger partial charge in [-0.05, 0) is 18.1 Å². The number of rotatable bonds is 2. The first-order chi connectivity index (χ1) is 11.1. The van der Waals surface area contributed by atoms with Gasteiger partial charge in [-0.15, -0.1) is 0 Å². The molecule has 0 aliphatic carbocycles. The van der Waals surface area contributed by atoms with E-state index in [1.54, 1.807) is 12.1 Å². The molecule has 1 aromatic carbocycles. The van der Waals surface area contributed by atoms with Gasteiger partial charge in [0.25, 0.3) is 11.8 Å². The molecule has 3 aliphatic heterocycles. The minimum Gasteiger partial charge on any atom is -0.315 e. The molecule has 1 aromatic rings. The van der Waals surface area contributed by atoms with Crippen LogP contribution in [0.25, 0.3) is 0 Å². The molecule has 3 aliphatic rings. The lowest BCUT2D eigenvalue weighted by molar-refractivity contribution is -0.136. The van der Waals surface area contributed by atoms with Gasteiger partial charge in [-0.25, -0.2) is 0 Å². The molecule has 0 bridgehead atoms. The van der Waals surface area contributed by atoms with Crippen LogP contribution in [0.3, 0.4) is 0 Å². The number of carbonyl (C=O) groups is 4. The Kier molecular flexibility index (Phi) is 3.05. The Bertz CT molecular complexity index is 754. The quantitative estimate of drug-likeness (QED) is 0.736. The summed E-state index contributed by atoms with van der Waals surface area (Å²) in [5.74, 6) is -1.62. The summed E-state index contributed by atoms with van der Waals surface area (Å²) in [4.78, 5) is 49.8. The first kappa shape index (κ1) is 14.1. The van der Waals surface area contributed by atoms with Gasteiger partial charge in [-0.2, -0.15) is 0 Å². The van der Waals surface area contributed by atoms with Crippen LogP contribution in [0.5, 0.6) is 0 Å². The van der Waals surface area contributed by atoms with Gasteiger partial charge in [-0.3, -0.25) is 29.4 Å². The monoisotopic (exact) mass is 313 g/mol. The van der Waals surface area contributed by atoms with Crippen LogP contribution >= 0.6 is 0 Å². The number of benzene rings is 1. The highest BCUT2D eigenvalue weighted by Gasteiger charge is 2.46. The van der Waals surface area contributed by atoms with Crippen molar-refractivity contribution < 1.29 is 19.2 Å². The summed E-state index contributed by atoms with van der Waals surface area (Å²) in [6.07, 6.45) is 0.305. The fraction of sp³-hybridized carbons (Fsp3) is 0.375. The van der Waals surface area contributed by atoms with Crippen molar-refractivity contribution >= 4 is 23.6 Å². The Morgan fingerprint density at radius 3 is 2.48 bits per heavy atom. The zero-order valence-electron chi connectivity index (χ0n) is 12.3. The first-order valence-corrected chi connectivity index (χ1v) is 7.63. The number of hydrogen-bond donors (Lipinski definition) is 2. The zero-order chi connectivity index (χ0) is 16.1. The van der Waals surface area contributed by atoms with Crippen molar-refractivity contribution in [3.8, 4) is 0 Å². The molecule has 0 aromatic heterocycles. The Labute approximate surface area is 132 Å². The number of nitrogens with one attached hydrogen (secondary N) is 2. The van der Waals surface area contributed by atoms with E-state index in [2.05, 4.69) is 10.6 Å². The second kappa shape index (κ2) is 4.99. The Morgan fingerprint density at radius 2 is 1.83 bits per heavy atom. The van der Waals surface area contributed by atoms with E-state index in [1.807, 2.05) is 6.07 Å². The van der Waals surface area contributed by atoms with Crippen molar-refractivity contribution in [2.45, 2.75) is 24.8 Å². The number of fused-ring (bicyclic) bond motifs is 1. The molecular formula is C16H15N3O4. The highest BCUT2D eigenvalue weighted by Crippen LogP contribution is 2.34. The van der Waals surface area contributed by atoms with E-state index in [9.17, 15) is 19.2 Å². The third-order valence-electron chi connectivity index (χ3n) is 4.72. The summed E-state index contributed by atoms with van der Waals surface area (Å²) in [6, 6.07) is 4.35. The maximum Gasteiger partial charge on any atom is 0.262 e. The predicted octanol–water partition coefficient (Wildman–Crippen LogP) is -0.225. The molecule has 0 spiro atoms. The Morgan fingerprint density at radius 1 is 1.04 bits per heavy atom. The molecule has 3 heterocycles. The van der Waals surface area contributed by atoms with Crippen molar-refractivity contribution in [1.82, 2.24) is 15.5 Å². The number of piperidine rings is 1. The van der Waals surface area contributed by atoms with Crippen molar-refractivity contribution in [3.63, 3.8) is 0 Å². The number of nitrogens with zero attached hydrogens (tertiary/aromatic N) is 1. The van der Waals surface area contributed by atoms with Crippen molar-refractivity contribution in [3.05, 3.63) is 34.9 Å². The van der Waals surface area contributed by atoms with Gasteiger partial charge in [0.05, 0.1) is 11.1 Å². The topological polar surface area (TPSA) is 95.6 Å². The summed E-state index contributed by atoms with van der Waals surface area (Å²) in [5.41, 5.74) is 1.62. The molecule has 0 saturated carbocycles. The molecule has 4 amide bonds. The zero-order valence-corrected chi connectivity index (χ0v) is 12.3. The highest BCUT2D eigenvalue weighted by atomic mass is 16.2. The predicted molar refractivity (Wildman–Crippen MR) is 78.7 cm³/mol. The summed E-state index contributed by atoms with van der Waals surface area (Å²) >= 11 is 0. The highest BCUT2D eigenvalue weighted by molar-refractivity contribution is 6.24. The number of hydrogen-bond acceptors (Lipinski definition) is 5. The lowest BCUT2D eigenvalue weighted by Gasteiger charge is -2.29. The van der Waals surface area contributed by atoms with Crippen molar-refractivity contribution in [1.29, 1.82) is 0 Å². The molecule has 7 nitrogen and oxygen atoms in total. The average Bonchev–Trinajstić information content (AvgIpc) is 2.71. The molecule has 23 heavy (non-hydrogen) atoms. The minimum atomic E-state index is -0.910. The Balaban J connectivity index is 1.72. The van der Waals surface area contributed by atoms with Crippen LogP contribution in [-0.2, 0) is 9.59 Å². The normalized spacial score (nSPS) is 24.5. The van der Waals surface area contributed by atoms with E-state index >= 15 is 0 Å². The fourth-order valence-corrected chi connectivity index (χ4v) is 3.39. The molecule has 0 radical (unpaired) electrons. The molecule has 7 heteroatoms. The van der Waals surface area contributed by atoms with E-state index in [0.29, 0.717) is 11.1 Å². The number of amides is 4. The first-order valence-electron chi connectivity index (χ1n) is 7.63. The van der Waals surface area contributed by atoms with Gasteiger partial charge < -0.3 is 5.32 Å². The molecule has 1 unspecified atom stereocenters. The van der Waals surface area contributed by atoms with E-state index in [4.69, 9.17) is 0 Å². The molecule has 2 N–H and O–H groups in total. The summed E-state index contributed by atoms with van der Waals surface area (Å²) < 4.78 is 0. The molecule has 2 fully saturated rings. The van der Waals surface area contributed by atoms with Crippen LogP contribution in [0.15, 0.2) is 18.2 Å². The van der Waals surface area contributed by atoms with Crippen LogP contribution < -0.4 is 10.6 Å². The van der Waals surface area contributed by atoms with Crippen LogP contribution in [0.4, 0.5) is 0 Å². The van der Waals surface area contributed by atoms with Crippen LogP contribution in [0, 0.1) is 0 Å². The summed E-state index contributed by atoms with van der Waals surface area (Å²) in [5, 5.41) is 5.35. The van der Waals surface area contributed by atoms with E-state index in [0.717, 1.165) is 23.6 Å². The van der Waals surface area contributed by atoms with Crippen molar-refractivity contribution in [2.75, 3.05) is 13.1 Å². The number of imide groups is 2. The van der Waals surface area contributed by atoms with E-state index in [-0.39, 0.29) is 24.7 Å². The second-order valence-corrected chi connectivity index (χ2v) is 6.07. The SMILES string of the molecule is O=C1CCC(N2C(=O)c3cccc(C4CNC4)c3C2=O)C(=O)N1. The average molecular weight is 313 g/mol. The standard InChI is InChI=1S/C16H15N3O4/c20-12-5-4-11(14(21)18-12)19-15(22)10-3-1-2-9(8-6-17-7-8)13(10)16(19)23/h1-3,8,11,17H,4-7H2,(H,18,20,21). The van der Waals surface area contributed by atoms with Crippen LogP contribution in [0.2, 0.25) is 0 Å². The summed E-state index contributed by atoms with van der Waals surface area (Å²) in [7, 11) is 0. The Hall–Kier alpha value is -2.54. The summed E-state index contributed by atoms with van der Waals surface area (Å²) in [6.45, 7) is 1.55. The smallest absolute Gasteiger partial charge is 0.262 e. The van der Waals surface area contributed by atoms with Gasteiger partial charge in [0, 0.05) is 25.4 Å². The molecule has 118 valence electrons. The largest absolute Gasteiger partial charge is 0.315 e. The van der Waals surface area contributed by atoms with Crippen LogP contribution in [-0.4, -0.2) is 47.7 Å². The number of carbonyl (C=O) groups excluding carboxylic acids is 4. The maximum atomic E-state index is 12.8. The van der Waals surface area contributed by atoms with E-state index < -0.39 is 23.8 Å². The molecule has 4 rings (SSSR count). The third kappa shape index (κ3) is 2.00. The molecule has 1 atom stereocenters. The van der Waals surface area contributed by atoms with Gasteiger partial charge in [0.15, 0.2) is 0 Å². The van der Waals surface area contributed by atoms with Gasteiger partial charge >= 0.3 is 0 Å². The lowest BCUT2D eigenvalue weighted by Crippen LogP contribution is -2.54. The van der Waals surface area contributed by atoms with Gasteiger partial charge in [0.2, 0.25) is 11.8 Å². The lowest BCUT2D eigenvalue weighted by atomic mass is 9.88. The second-order valence-electron chi connectivity index (χ2n) is 6.07. The van der Waals surface area contributed by atoms with E-state index in [1.165, 1.54) is 0 Å². The fourth-order valence-electron chi connectivity index (χ4n) is 3.39. The minimum absolute atomic E-state index is 0.128. The van der Waals surface area contributed by atoms with Crippen molar-refractivity contribution in [2.24, 2.45) is 0 Å². The third-order valence-corrected chi connectivity index (χ3v) is 4.72. The van der Waals surface area contributed by atoms with Gasteiger partial charge in [0.1, 0.15) is 6.04 Å². The maximum absolute atomic E-state index is 12.8. The molecule has 2 saturated heterocycles. The molecular weight excluding hydrogens is 298 g/mol.